The first-order valence-electron chi connectivity index (χ1n) is 8.68. The van der Waals surface area contributed by atoms with Crippen molar-refractivity contribution in [2.75, 3.05) is 0 Å². The van der Waals surface area contributed by atoms with Gasteiger partial charge in [0, 0.05) is 5.92 Å². The summed E-state index contributed by atoms with van der Waals surface area (Å²) < 4.78 is 5.73. The third-order valence-electron chi connectivity index (χ3n) is 4.09. The van der Waals surface area contributed by atoms with Crippen LogP contribution in [0.1, 0.15) is 45.3 Å². The molecule has 0 heterocycles. The molecule has 0 saturated carbocycles. The van der Waals surface area contributed by atoms with E-state index in [1.807, 2.05) is 51.1 Å². The van der Waals surface area contributed by atoms with E-state index >= 15 is 0 Å². The van der Waals surface area contributed by atoms with Crippen LogP contribution in [0.2, 0.25) is 0 Å². The van der Waals surface area contributed by atoms with E-state index in [-0.39, 0.29) is 29.8 Å². The first-order valence-corrected chi connectivity index (χ1v) is 8.68. The van der Waals surface area contributed by atoms with Gasteiger partial charge in [0.15, 0.2) is 0 Å². The Bertz CT molecular complexity index is 582. The van der Waals surface area contributed by atoms with E-state index in [1.54, 1.807) is 12.2 Å². The Kier molecular flexibility index (Phi) is 8.68. The van der Waals surface area contributed by atoms with Crippen LogP contribution in [-0.2, 0) is 14.3 Å². The zero-order valence-corrected chi connectivity index (χ0v) is 15.4. The van der Waals surface area contributed by atoms with Gasteiger partial charge in [-0.1, -0.05) is 56.3 Å². The van der Waals surface area contributed by atoms with Crippen LogP contribution < -0.4 is 5.32 Å². The molecule has 1 amide bonds. The van der Waals surface area contributed by atoms with Crippen molar-refractivity contribution in [1.82, 2.24) is 5.32 Å². The minimum Gasteiger partial charge on any atom is -0.455 e. The maximum absolute atomic E-state index is 12.3. The predicted octanol–water partition coefficient (Wildman–Crippen LogP) is 4.20. The topological polar surface area (TPSA) is 55.4 Å². The molecule has 1 N–H and O–H groups in total. The molecule has 0 saturated heterocycles. The summed E-state index contributed by atoms with van der Waals surface area (Å²) in [4.78, 5) is 24.6. The van der Waals surface area contributed by atoms with Gasteiger partial charge >= 0.3 is 5.97 Å². The molecule has 1 aromatic carbocycles. The largest absolute Gasteiger partial charge is 0.455 e. The molecule has 0 aromatic heterocycles. The third kappa shape index (κ3) is 6.57. The number of ether oxygens (including phenoxy) is 1. The Morgan fingerprint density at radius 3 is 2.16 bits per heavy atom. The van der Waals surface area contributed by atoms with Crippen LogP contribution in [-0.4, -0.2) is 17.9 Å². The summed E-state index contributed by atoms with van der Waals surface area (Å²) in [5.74, 6) is -0.824. The number of nitrogens with one attached hydrogen (secondary N) is 1. The number of hydrogen-bond acceptors (Lipinski definition) is 3. The quantitative estimate of drug-likeness (QED) is 0.512. The predicted molar refractivity (Wildman–Crippen MR) is 101 cm³/mol. The highest BCUT2D eigenvalue weighted by atomic mass is 16.5. The third-order valence-corrected chi connectivity index (χ3v) is 4.09. The Balaban J connectivity index is 2.91. The van der Waals surface area contributed by atoms with Gasteiger partial charge in [-0.25, -0.2) is 0 Å². The highest BCUT2D eigenvalue weighted by Crippen LogP contribution is 2.24. The number of hydrogen-bond donors (Lipinski definition) is 1. The first kappa shape index (κ1) is 20.7. The monoisotopic (exact) mass is 343 g/mol. The number of amides is 1. The molecular weight excluding hydrogens is 314 g/mol. The normalized spacial score (nSPS) is 15.3. The summed E-state index contributed by atoms with van der Waals surface area (Å²) in [6, 6.07) is 9.12. The highest BCUT2D eigenvalue weighted by molar-refractivity contribution is 5.79. The first-order chi connectivity index (χ1) is 11.9. The zero-order valence-electron chi connectivity index (χ0n) is 15.4. The average Bonchev–Trinajstić information content (AvgIpc) is 2.60. The van der Waals surface area contributed by atoms with Crippen LogP contribution in [0.15, 0.2) is 55.6 Å². The van der Waals surface area contributed by atoms with Crippen molar-refractivity contribution < 1.29 is 14.3 Å². The molecule has 0 fully saturated rings. The van der Waals surface area contributed by atoms with E-state index in [2.05, 4.69) is 18.5 Å². The van der Waals surface area contributed by atoms with E-state index in [4.69, 9.17) is 4.74 Å². The molecule has 0 radical (unpaired) electrons. The molecule has 136 valence electrons. The molecule has 0 bridgehead atoms. The van der Waals surface area contributed by atoms with Crippen molar-refractivity contribution in [1.29, 1.82) is 0 Å². The number of esters is 1. The van der Waals surface area contributed by atoms with Crippen molar-refractivity contribution in [3.05, 3.63) is 61.2 Å². The second-order valence-electron chi connectivity index (χ2n) is 6.42. The number of carbonyl (C=O) groups is 2. The van der Waals surface area contributed by atoms with Gasteiger partial charge in [0.1, 0.15) is 6.10 Å². The van der Waals surface area contributed by atoms with Crippen LogP contribution in [0.25, 0.3) is 0 Å². The summed E-state index contributed by atoms with van der Waals surface area (Å²) in [7, 11) is 0. The molecular formula is C21H29NO3. The van der Waals surface area contributed by atoms with Crippen molar-refractivity contribution in [3.8, 4) is 0 Å². The molecule has 4 nitrogen and oxygen atoms in total. The Morgan fingerprint density at radius 1 is 1.04 bits per heavy atom. The minimum atomic E-state index is -0.541. The zero-order chi connectivity index (χ0) is 18.8. The lowest BCUT2D eigenvalue weighted by atomic mass is 10.0. The lowest BCUT2D eigenvalue weighted by Crippen LogP contribution is -2.41. The van der Waals surface area contributed by atoms with Gasteiger partial charge < -0.3 is 10.1 Å². The Hall–Kier alpha value is -2.36. The van der Waals surface area contributed by atoms with Crippen LogP contribution in [0.3, 0.4) is 0 Å². The summed E-state index contributed by atoms with van der Waals surface area (Å²) >= 11 is 0. The van der Waals surface area contributed by atoms with Crippen molar-refractivity contribution in [2.45, 2.75) is 45.8 Å². The van der Waals surface area contributed by atoms with Gasteiger partial charge in [0.25, 0.3) is 0 Å². The Labute approximate surface area is 151 Å². The maximum Gasteiger partial charge on any atom is 0.309 e. The number of rotatable bonds is 10. The molecule has 1 rings (SSSR count). The summed E-state index contributed by atoms with van der Waals surface area (Å²) in [6.45, 7) is 12.8. The van der Waals surface area contributed by atoms with E-state index < -0.39 is 6.10 Å². The molecule has 4 atom stereocenters. The molecule has 0 aliphatic rings. The molecule has 2 unspecified atom stereocenters. The van der Waals surface area contributed by atoms with E-state index in [1.165, 1.54) is 0 Å². The standard InChI is InChI=1S/C21H29NO3/c1-6-11-15(3)20(23)22-17(5)19(18-13-9-8-10-14-18)25-21(24)16(4)12-7-2/h6-10,13-17,19H,1-2,11-12H2,3-5H3,(H,22,23)/t15-,16+,17?,19?/m1/s1. The molecule has 1 aromatic rings. The SMILES string of the molecule is C=CC[C@@H](C)C(=O)NC(C)C(OC(=O)[C@@H](C)CC=C)c1ccccc1. The lowest BCUT2D eigenvalue weighted by Gasteiger charge is -2.27. The van der Waals surface area contributed by atoms with Crippen LogP contribution in [0.5, 0.6) is 0 Å². The van der Waals surface area contributed by atoms with Crippen molar-refractivity contribution >= 4 is 11.9 Å². The van der Waals surface area contributed by atoms with Crippen LogP contribution in [0.4, 0.5) is 0 Å². The molecule has 25 heavy (non-hydrogen) atoms. The molecule has 0 spiro atoms. The van der Waals surface area contributed by atoms with Gasteiger partial charge in [-0.2, -0.15) is 0 Å². The van der Waals surface area contributed by atoms with Crippen LogP contribution >= 0.6 is 0 Å². The summed E-state index contributed by atoms with van der Waals surface area (Å²) in [5, 5.41) is 2.96. The second-order valence-corrected chi connectivity index (χ2v) is 6.42. The Morgan fingerprint density at radius 2 is 1.60 bits per heavy atom. The van der Waals surface area contributed by atoms with Gasteiger partial charge in [-0.15, -0.1) is 13.2 Å². The van der Waals surface area contributed by atoms with Crippen molar-refractivity contribution in [3.63, 3.8) is 0 Å². The molecule has 0 aliphatic carbocycles. The van der Waals surface area contributed by atoms with E-state index in [0.717, 1.165) is 5.56 Å². The highest BCUT2D eigenvalue weighted by Gasteiger charge is 2.27. The number of allylic oxidation sites excluding steroid dienone is 2. The van der Waals surface area contributed by atoms with Gasteiger partial charge in [-0.3, -0.25) is 9.59 Å². The fraction of sp³-hybridized carbons (Fsp3) is 0.429. The summed E-state index contributed by atoms with van der Waals surface area (Å²) in [5.41, 5.74) is 0.853. The minimum absolute atomic E-state index is 0.0801. The fourth-order valence-corrected chi connectivity index (χ4v) is 2.49. The number of carbonyl (C=O) groups excluding carboxylic acids is 2. The number of benzene rings is 1. The maximum atomic E-state index is 12.3. The van der Waals surface area contributed by atoms with Crippen LogP contribution in [0, 0.1) is 11.8 Å². The molecule has 4 heteroatoms. The smallest absolute Gasteiger partial charge is 0.309 e. The van der Waals surface area contributed by atoms with Gasteiger partial charge in [0.05, 0.1) is 12.0 Å². The molecule has 0 aliphatic heterocycles. The van der Waals surface area contributed by atoms with Gasteiger partial charge in [0.2, 0.25) is 5.91 Å². The van der Waals surface area contributed by atoms with E-state index in [0.29, 0.717) is 12.8 Å². The lowest BCUT2D eigenvalue weighted by molar-refractivity contribution is -0.156. The summed E-state index contributed by atoms with van der Waals surface area (Å²) in [6.07, 6.45) is 4.04. The second kappa shape index (κ2) is 10.5. The van der Waals surface area contributed by atoms with Gasteiger partial charge in [-0.05, 0) is 25.3 Å². The fourth-order valence-electron chi connectivity index (χ4n) is 2.49. The average molecular weight is 343 g/mol. The van der Waals surface area contributed by atoms with Crippen molar-refractivity contribution in [2.24, 2.45) is 11.8 Å². The van der Waals surface area contributed by atoms with E-state index in [9.17, 15) is 9.59 Å².